The van der Waals surface area contributed by atoms with Gasteiger partial charge in [0, 0.05) is 0 Å². The van der Waals surface area contributed by atoms with Crippen molar-refractivity contribution in [1.82, 2.24) is 0 Å². The summed E-state index contributed by atoms with van der Waals surface area (Å²) >= 11 is 0. The highest BCUT2D eigenvalue weighted by Gasteiger charge is 2.32. The standard InChI is InChI=1S/C17H24O4/c18-16(8-6-14-12-20-14)17-9-7-15(21-17)11-19-10-13-4-2-1-3-5-13/h1-5,14-18H,6-12H2/t14-,15+,16-,17-/m0/s1. The molecule has 21 heavy (non-hydrogen) atoms. The SMILES string of the molecule is O[C@@H](CC[C@H]1CO1)[C@@H]1CC[C@H](COCc2ccccc2)O1. The van der Waals surface area contributed by atoms with Gasteiger partial charge in [0.05, 0.1) is 44.2 Å². The Morgan fingerprint density at radius 1 is 1.19 bits per heavy atom. The Balaban J connectivity index is 1.32. The van der Waals surface area contributed by atoms with E-state index < -0.39 is 0 Å². The first-order chi connectivity index (χ1) is 10.3. The second kappa shape index (κ2) is 7.36. The molecule has 0 amide bonds. The van der Waals surface area contributed by atoms with Gasteiger partial charge in [-0.05, 0) is 31.2 Å². The van der Waals surface area contributed by atoms with Crippen molar-refractivity contribution < 1.29 is 19.3 Å². The normalized spacial score (nSPS) is 29.5. The third kappa shape index (κ3) is 4.78. The van der Waals surface area contributed by atoms with Crippen molar-refractivity contribution in [2.75, 3.05) is 13.2 Å². The zero-order valence-electron chi connectivity index (χ0n) is 12.3. The van der Waals surface area contributed by atoms with E-state index in [9.17, 15) is 5.11 Å². The smallest absolute Gasteiger partial charge is 0.0839 e. The predicted molar refractivity (Wildman–Crippen MR) is 79.0 cm³/mol. The number of benzene rings is 1. The van der Waals surface area contributed by atoms with E-state index in [1.165, 1.54) is 5.56 Å². The minimum atomic E-state index is -0.367. The van der Waals surface area contributed by atoms with E-state index in [2.05, 4.69) is 12.1 Å². The fraction of sp³-hybridized carbons (Fsp3) is 0.647. The number of aliphatic hydroxyl groups excluding tert-OH is 1. The molecule has 2 fully saturated rings. The lowest BCUT2D eigenvalue weighted by atomic mass is 10.0. The monoisotopic (exact) mass is 292 g/mol. The second-order valence-corrected chi connectivity index (χ2v) is 5.97. The van der Waals surface area contributed by atoms with E-state index in [1.807, 2.05) is 18.2 Å². The molecule has 0 aliphatic carbocycles. The molecule has 2 heterocycles. The average molecular weight is 292 g/mol. The molecule has 0 unspecified atom stereocenters. The first-order valence-electron chi connectivity index (χ1n) is 7.88. The lowest BCUT2D eigenvalue weighted by Crippen LogP contribution is -2.27. The molecule has 1 aromatic rings. The van der Waals surface area contributed by atoms with Crippen molar-refractivity contribution in [2.45, 2.75) is 56.7 Å². The Bertz CT molecular complexity index is 418. The van der Waals surface area contributed by atoms with Crippen LogP contribution < -0.4 is 0 Å². The van der Waals surface area contributed by atoms with Crippen molar-refractivity contribution in [1.29, 1.82) is 0 Å². The summed E-state index contributed by atoms with van der Waals surface area (Å²) in [5.74, 6) is 0. The van der Waals surface area contributed by atoms with Crippen molar-refractivity contribution in [3.05, 3.63) is 35.9 Å². The lowest BCUT2D eigenvalue weighted by molar-refractivity contribution is -0.0652. The fourth-order valence-electron chi connectivity index (χ4n) is 2.80. The predicted octanol–water partition coefficient (Wildman–Crippen LogP) is 2.29. The van der Waals surface area contributed by atoms with Gasteiger partial charge in [-0.25, -0.2) is 0 Å². The summed E-state index contributed by atoms with van der Waals surface area (Å²) in [6.45, 7) is 2.07. The fourth-order valence-corrected chi connectivity index (χ4v) is 2.80. The van der Waals surface area contributed by atoms with Crippen LogP contribution in [0.4, 0.5) is 0 Å². The number of ether oxygens (including phenoxy) is 3. The molecule has 2 aliphatic rings. The molecule has 0 aromatic heterocycles. The molecule has 0 radical (unpaired) electrons. The highest BCUT2D eigenvalue weighted by atomic mass is 16.6. The van der Waals surface area contributed by atoms with E-state index in [0.717, 1.165) is 32.3 Å². The Morgan fingerprint density at radius 3 is 2.76 bits per heavy atom. The van der Waals surface area contributed by atoms with Crippen LogP contribution in [0.1, 0.15) is 31.2 Å². The van der Waals surface area contributed by atoms with Gasteiger partial charge in [0.1, 0.15) is 0 Å². The van der Waals surface area contributed by atoms with Crippen LogP contribution in [0.5, 0.6) is 0 Å². The Morgan fingerprint density at radius 2 is 2.00 bits per heavy atom. The molecule has 116 valence electrons. The summed E-state index contributed by atoms with van der Waals surface area (Å²) in [4.78, 5) is 0. The molecule has 0 saturated carbocycles. The van der Waals surface area contributed by atoms with Gasteiger partial charge in [-0.15, -0.1) is 0 Å². The molecule has 4 nitrogen and oxygen atoms in total. The molecule has 1 aromatic carbocycles. The largest absolute Gasteiger partial charge is 0.390 e. The molecule has 4 heteroatoms. The molecule has 0 spiro atoms. The Kier molecular flexibility index (Phi) is 5.25. The molecule has 2 saturated heterocycles. The topological polar surface area (TPSA) is 51.2 Å². The summed E-state index contributed by atoms with van der Waals surface area (Å²) in [6.07, 6.45) is 3.70. The van der Waals surface area contributed by atoms with Gasteiger partial charge in [0.15, 0.2) is 0 Å². The summed E-state index contributed by atoms with van der Waals surface area (Å²) in [7, 11) is 0. The number of epoxide rings is 1. The quantitative estimate of drug-likeness (QED) is 0.747. The van der Waals surface area contributed by atoms with E-state index in [0.29, 0.717) is 19.3 Å². The maximum absolute atomic E-state index is 10.1. The van der Waals surface area contributed by atoms with Crippen LogP contribution in [0.3, 0.4) is 0 Å². The summed E-state index contributed by atoms with van der Waals surface area (Å²) in [5, 5.41) is 10.1. The van der Waals surface area contributed by atoms with Gasteiger partial charge in [-0.2, -0.15) is 0 Å². The van der Waals surface area contributed by atoms with E-state index in [1.54, 1.807) is 0 Å². The van der Waals surface area contributed by atoms with Gasteiger partial charge >= 0.3 is 0 Å². The molecule has 4 atom stereocenters. The van der Waals surface area contributed by atoms with Crippen molar-refractivity contribution >= 4 is 0 Å². The van der Waals surface area contributed by atoms with Crippen LogP contribution in [-0.4, -0.2) is 42.7 Å². The summed E-state index contributed by atoms with van der Waals surface area (Å²) in [5.41, 5.74) is 1.18. The number of aliphatic hydroxyl groups is 1. The lowest BCUT2D eigenvalue weighted by Gasteiger charge is -2.19. The highest BCUT2D eigenvalue weighted by Crippen LogP contribution is 2.26. The number of hydrogen-bond acceptors (Lipinski definition) is 4. The van der Waals surface area contributed by atoms with E-state index in [-0.39, 0.29) is 18.3 Å². The molecular weight excluding hydrogens is 268 g/mol. The van der Waals surface area contributed by atoms with Crippen LogP contribution in [0.15, 0.2) is 30.3 Å². The number of hydrogen-bond donors (Lipinski definition) is 1. The summed E-state index contributed by atoms with van der Waals surface area (Å²) < 4.78 is 16.8. The van der Waals surface area contributed by atoms with Crippen LogP contribution in [0.2, 0.25) is 0 Å². The Labute approximate surface area is 126 Å². The minimum absolute atomic E-state index is 0.0333. The molecule has 0 bridgehead atoms. The average Bonchev–Trinajstić information content (AvgIpc) is 3.23. The van der Waals surface area contributed by atoms with E-state index in [4.69, 9.17) is 14.2 Å². The van der Waals surface area contributed by atoms with Crippen LogP contribution >= 0.6 is 0 Å². The molecular formula is C17H24O4. The second-order valence-electron chi connectivity index (χ2n) is 5.97. The van der Waals surface area contributed by atoms with Crippen LogP contribution in [0, 0.1) is 0 Å². The van der Waals surface area contributed by atoms with E-state index >= 15 is 0 Å². The maximum atomic E-state index is 10.1. The van der Waals surface area contributed by atoms with Crippen molar-refractivity contribution in [3.8, 4) is 0 Å². The van der Waals surface area contributed by atoms with Crippen molar-refractivity contribution in [3.63, 3.8) is 0 Å². The van der Waals surface area contributed by atoms with Gasteiger partial charge < -0.3 is 19.3 Å². The first-order valence-corrected chi connectivity index (χ1v) is 7.88. The van der Waals surface area contributed by atoms with Gasteiger partial charge in [0.25, 0.3) is 0 Å². The third-order valence-corrected chi connectivity index (χ3v) is 4.17. The minimum Gasteiger partial charge on any atom is -0.390 e. The maximum Gasteiger partial charge on any atom is 0.0839 e. The van der Waals surface area contributed by atoms with Crippen LogP contribution in [-0.2, 0) is 20.8 Å². The first kappa shape index (κ1) is 15.0. The van der Waals surface area contributed by atoms with Gasteiger partial charge in [0.2, 0.25) is 0 Å². The highest BCUT2D eigenvalue weighted by molar-refractivity contribution is 5.13. The molecule has 1 N–H and O–H groups in total. The zero-order chi connectivity index (χ0) is 14.5. The van der Waals surface area contributed by atoms with Crippen molar-refractivity contribution in [2.24, 2.45) is 0 Å². The molecule has 2 aliphatic heterocycles. The van der Waals surface area contributed by atoms with Gasteiger partial charge in [-0.1, -0.05) is 30.3 Å². The van der Waals surface area contributed by atoms with Crippen LogP contribution in [0.25, 0.3) is 0 Å². The summed E-state index contributed by atoms with van der Waals surface area (Å²) in [6, 6.07) is 10.1. The molecule has 3 rings (SSSR count). The number of rotatable bonds is 8. The third-order valence-electron chi connectivity index (χ3n) is 4.17. The van der Waals surface area contributed by atoms with Gasteiger partial charge in [-0.3, -0.25) is 0 Å². The zero-order valence-corrected chi connectivity index (χ0v) is 12.3. The Hall–Kier alpha value is -0.940.